The summed E-state index contributed by atoms with van der Waals surface area (Å²) >= 11 is 0. The van der Waals surface area contributed by atoms with Gasteiger partial charge in [0.15, 0.2) is 0 Å². The summed E-state index contributed by atoms with van der Waals surface area (Å²) in [6.45, 7) is 0.516. The lowest BCUT2D eigenvalue weighted by atomic mass is 10.0. The van der Waals surface area contributed by atoms with Crippen molar-refractivity contribution in [2.24, 2.45) is 0 Å². The van der Waals surface area contributed by atoms with Gasteiger partial charge in [-0.2, -0.15) is 0 Å². The van der Waals surface area contributed by atoms with Crippen LogP contribution in [0.3, 0.4) is 0 Å². The van der Waals surface area contributed by atoms with Gasteiger partial charge >= 0.3 is 0 Å². The molecule has 0 aliphatic carbocycles. The summed E-state index contributed by atoms with van der Waals surface area (Å²) in [4.78, 5) is 12.1. The number of anilines is 1. The molecule has 2 aromatic rings. The molecule has 0 aromatic heterocycles. The molecule has 2 aromatic carbocycles. The van der Waals surface area contributed by atoms with E-state index < -0.39 is 15.9 Å². The van der Waals surface area contributed by atoms with Crippen LogP contribution in [-0.2, 0) is 16.4 Å². The van der Waals surface area contributed by atoms with Crippen molar-refractivity contribution in [3.8, 4) is 12.3 Å². The first-order valence-corrected chi connectivity index (χ1v) is 9.40. The zero-order valence-corrected chi connectivity index (χ0v) is 14.4. The molecule has 0 saturated heterocycles. The summed E-state index contributed by atoms with van der Waals surface area (Å²) in [5, 5.41) is 2.54. The molecule has 1 N–H and O–H groups in total. The fourth-order valence-corrected chi connectivity index (χ4v) is 4.49. The summed E-state index contributed by atoms with van der Waals surface area (Å²) in [5.74, 6) is 1.92. The van der Waals surface area contributed by atoms with Crippen molar-refractivity contribution in [2.45, 2.75) is 17.7 Å². The summed E-state index contributed by atoms with van der Waals surface area (Å²) in [7, 11) is -3.74. The molecule has 5 nitrogen and oxygen atoms in total. The van der Waals surface area contributed by atoms with Crippen LogP contribution in [0.2, 0.25) is 0 Å². The van der Waals surface area contributed by atoms with Crippen molar-refractivity contribution in [3.63, 3.8) is 0 Å². The van der Waals surface area contributed by atoms with E-state index in [9.17, 15) is 13.2 Å². The van der Waals surface area contributed by atoms with Gasteiger partial charge in [-0.05, 0) is 42.7 Å². The number of carbonyl (C=O) groups excluding carboxylic acids is 1. The number of rotatable bonds is 4. The summed E-state index contributed by atoms with van der Waals surface area (Å²) in [5.41, 5.74) is 1.98. The number of para-hydroxylation sites is 1. The van der Waals surface area contributed by atoms with Gasteiger partial charge in [-0.1, -0.05) is 30.2 Å². The number of fused-ring (bicyclic) bond motifs is 1. The Hall–Kier alpha value is -2.78. The third kappa shape index (κ3) is 3.37. The van der Waals surface area contributed by atoms with Gasteiger partial charge in [-0.25, -0.2) is 8.42 Å². The van der Waals surface area contributed by atoms with Gasteiger partial charge in [0, 0.05) is 12.1 Å². The predicted molar refractivity (Wildman–Crippen MR) is 96.9 cm³/mol. The van der Waals surface area contributed by atoms with Gasteiger partial charge in [-0.3, -0.25) is 9.10 Å². The Bertz CT molecular complexity index is 945. The van der Waals surface area contributed by atoms with Crippen molar-refractivity contribution < 1.29 is 13.2 Å². The Kier molecular flexibility index (Phi) is 4.77. The van der Waals surface area contributed by atoms with Gasteiger partial charge in [-0.15, -0.1) is 6.42 Å². The fraction of sp³-hybridized carbons (Fsp3) is 0.211. The monoisotopic (exact) mass is 354 g/mol. The van der Waals surface area contributed by atoms with E-state index in [0.717, 1.165) is 18.4 Å². The van der Waals surface area contributed by atoms with Crippen molar-refractivity contribution in [3.05, 3.63) is 59.7 Å². The molecule has 3 rings (SSSR count). The van der Waals surface area contributed by atoms with E-state index in [-0.39, 0.29) is 17.0 Å². The lowest BCUT2D eigenvalue weighted by Crippen LogP contribution is -2.35. The molecule has 1 heterocycles. The molecule has 6 heteroatoms. The minimum absolute atomic E-state index is 0.0926. The molecule has 1 amide bonds. The maximum atomic E-state index is 13.1. The lowest BCUT2D eigenvalue weighted by Gasteiger charge is -2.30. The van der Waals surface area contributed by atoms with Crippen LogP contribution in [0.5, 0.6) is 0 Å². The molecule has 0 fully saturated rings. The molecule has 0 unspecified atom stereocenters. The van der Waals surface area contributed by atoms with E-state index in [0.29, 0.717) is 12.2 Å². The standard InChI is InChI=1S/C19H18N2O3S/c1-2-12-20-19(22)16-8-5-10-17(14-16)25(23,24)21-13-6-9-15-7-3-4-11-18(15)21/h1,3-5,7-8,10-11,14H,6,9,12-13H2,(H,20,22). The Morgan fingerprint density at radius 3 is 2.80 bits per heavy atom. The highest BCUT2D eigenvalue weighted by Crippen LogP contribution is 2.31. The molecular weight excluding hydrogens is 336 g/mol. The van der Waals surface area contributed by atoms with Crippen LogP contribution >= 0.6 is 0 Å². The minimum atomic E-state index is -3.74. The number of carbonyl (C=O) groups is 1. The number of terminal acetylenes is 1. The normalized spacial score (nSPS) is 13.6. The number of benzene rings is 2. The number of hydrogen-bond donors (Lipinski definition) is 1. The maximum absolute atomic E-state index is 13.1. The molecule has 128 valence electrons. The third-order valence-electron chi connectivity index (χ3n) is 4.10. The second-order valence-corrected chi connectivity index (χ2v) is 7.59. The minimum Gasteiger partial charge on any atom is -0.341 e. The molecular formula is C19H18N2O3S. The number of hydrogen-bond acceptors (Lipinski definition) is 3. The van der Waals surface area contributed by atoms with Crippen LogP contribution in [0, 0.1) is 12.3 Å². The van der Waals surface area contributed by atoms with Gasteiger partial charge < -0.3 is 5.32 Å². The zero-order chi connectivity index (χ0) is 17.9. The van der Waals surface area contributed by atoms with Crippen LogP contribution < -0.4 is 9.62 Å². The van der Waals surface area contributed by atoms with E-state index in [2.05, 4.69) is 11.2 Å². The Labute approximate surface area is 147 Å². The largest absolute Gasteiger partial charge is 0.341 e. The Morgan fingerprint density at radius 2 is 2.00 bits per heavy atom. The highest BCUT2D eigenvalue weighted by molar-refractivity contribution is 7.92. The van der Waals surface area contributed by atoms with Crippen molar-refractivity contribution in [1.82, 2.24) is 5.32 Å². The molecule has 1 aliphatic rings. The van der Waals surface area contributed by atoms with E-state index in [1.807, 2.05) is 24.3 Å². The van der Waals surface area contributed by atoms with Gasteiger partial charge in [0.1, 0.15) is 0 Å². The Morgan fingerprint density at radius 1 is 1.20 bits per heavy atom. The SMILES string of the molecule is C#CCNC(=O)c1cccc(S(=O)(=O)N2CCCc3ccccc32)c1. The first kappa shape index (κ1) is 17.1. The number of sulfonamides is 1. The number of nitrogens with zero attached hydrogens (tertiary/aromatic N) is 1. The molecule has 0 saturated carbocycles. The molecule has 0 radical (unpaired) electrons. The quantitative estimate of drug-likeness (QED) is 0.856. The van der Waals surface area contributed by atoms with Crippen LogP contribution in [0.1, 0.15) is 22.3 Å². The molecule has 25 heavy (non-hydrogen) atoms. The molecule has 1 aliphatic heterocycles. The highest BCUT2D eigenvalue weighted by atomic mass is 32.2. The van der Waals surface area contributed by atoms with Gasteiger partial charge in [0.05, 0.1) is 17.1 Å². The van der Waals surface area contributed by atoms with Gasteiger partial charge in [0.2, 0.25) is 0 Å². The third-order valence-corrected chi connectivity index (χ3v) is 5.91. The average molecular weight is 354 g/mol. The maximum Gasteiger partial charge on any atom is 0.264 e. The summed E-state index contributed by atoms with van der Waals surface area (Å²) < 4.78 is 27.6. The van der Waals surface area contributed by atoms with E-state index >= 15 is 0 Å². The van der Waals surface area contributed by atoms with E-state index in [1.54, 1.807) is 12.1 Å². The molecule has 0 bridgehead atoms. The summed E-state index contributed by atoms with van der Waals surface area (Å²) in [6, 6.07) is 13.5. The van der Waals surface area contributed by atoms with Crippen LogP contribution in [0.4, 0.5) is 5.69 Å². The van der Waals surface area contributed by atoms with Crippen LogP contribution in [0.25, 0.3) is 0 Å². The zero-order valence-electron chi connectivity index (χ0n) is 13.6. The van der Waals surface area contributed by atoms with E-state index in [1.165, 1.54) is 16.4 Å². The number of aryl methyl sites for hydroxylation is 1. The van der Waals surface area contributed by atoms with Crippen LogP contribution in [-0.4, -0.2) is 27.4 Å². The van der Waals surface area contributed by atoms with Crippen molar-refractivity contribution in [1.29, 1.82) is 0 Å². The average Bonchev–Trinajstić information content (AvgIpc) is 2.65. The smallest absolute Gasteiger partial charge is 0.264 e. The van der Waals surface area contributed by atoms with Gasteiger partial charge in [0.25, 0.3) is 15.9 Å². The van der Waals surface area contributed by atoms with Crippen LogP contribution in [0.15, 0.2) is 53.4 Å². The second kappa shape index (κ2) is 6.99. The first-order valence-electron chi connectivity index (χ1n) is 7.96. The van der Waals surface area contributed by atoms with Crippen molar-refractivity contribution >= 4 is 21.6 Å². The molecule has 0 spiro atoms. The number of nitrogens with one attached hydrogen (secondary N) is 1. The second-order valence-electron chi connectivity index (χ2n) is 5.72. The highest BCUT2D eigenvalue weighted by Gasteiger charge is 2.29. The number of amides is 1. The fourth-order valence-electron chi connectivity index (χ4n) is 2.91. The lowest BCUT2D eigenvalue weighted by molar-refractivity contribution is 0.0958. The summed E-state index contributed by atoms with van der Waals surface area (Å²) in [6.07, 6.45) is 6.75. The van der Waals surface area contributed by atoms with Crippen molar-refractivity contribution in [2.75, 3.05) is 17.4 Å². The Balaban J connectivity index is 1.97. The molecule has 0 atom stereocenters. The van der Waals surface area contributed by atoms with E-state index in [4.69, 9.17) is 6.42 Å². The first-order chi connectivity index (χ1) is 12.0. The topological polar surface area (TPSA) is 66.5 Å². The predicted octanol–water partition coefficient (Wildman–Crippen LogP) is 2.19.